The molecule has 0 aliphatic heterocycles. The summed E-state index contributed by atoms with van der Waals surface area (Å²) >= 11 is 0. The number of rotatable bonds is 4. The van der Waals surface area contributed by atoms with Crippen LogP contribution in [0.1, 0.15) is 58.8 Å². The molecular weight excluding hydrogens is 164 g/mol. The fourth-order valence-electron chi connectivity index (χ4n) is 2.12. The highest BCUT2D eigenvalue weighted by Gasteiger charge is 2.32. The predicted octanol–water partition coefficient (Wildman–Crippen LogP) is 2.84. The van der Waals surface area contributed by atoms with E-state index in [1.807, 2.05) is 6.92 Å². The molecule has 13 heavy (non-hydrogen) atoms. The third-order valence-corrected chi connectivity index (χ3v) is 3.14. The highest BCUT2D eigenvalue weighted by atomic mass is 16.6. The summed E-state index contributed by atoms with van der Waals surface area (Å²) in [6.45, 7) is 4.12. The largest absolute Gasteiger partial charge is 0.368 e. The fraction of sp³-hybridized carbons (Fsp3) is 1.00. The molecule has 1 atom stereocenters. The Hall–Kier alpha value is -0.0800. The van der Waals surface area contributed by atoms with Gasteiger partial charge in [0.1, 0.15) is 0 Å². The molecule has 0 saturated heterocycles. The summed E-state index contributed by atoms with van der Waals surface area (Å²) in [6.07, 6.45) is 7.26. The van der Waals surface area contributed by atoms with Crippen molar-refractivity contribution in [2.45, 2.75) is 70.7 Å². The minimum atomic E-state index is -0.557. The second-order valence-corrected chi connectivity index (χ2v) is 4.08. The zero-order chi connectivity index (χ0) is 9.73. The molecule has 1 aliphatic carbocycles. The van der Waals surface area contributed by atoms with E-state index in [9.17, 15) is 5.11 Å². The number of ether oxygens (including phenoxy) is 1. The van der Waals surface area contributed by atoms with Gasteiger partial charge in [-0.15, -0.1) is 0 Å². The molecule has 0 aromatic rings. The first kappa shape index (κ1) is 11.0. The molecule has 1 N–H and O–H groups in total. The number of aliphatic hydroxyl groups is 1. The van der Waals surface area contributed by atoms with Gasteiger partial charge in [-0.1, -0.05) is 33.1 Å². The standard InChI is InChI=1S/C11H22O2/c1-3-10(12)13-11(4-2)8-6-5-7-9-11/h10,12H,3-9H2,1-2H3. The minimum absolute atomic E-state index is 0.00627. The molecule has 1 saturated carbocycles. The van der Waals surface area contributed by atoms with Crippen molar-refractivity contribution < 1.29 is 9.84 Å². The van der Waals surface area contributed by atoms with E-state index in [4.69, 9.17) is 4.74 Å². The summed E-state index contributed by atoms with van der Waals surface area (Å²) < 4.78 is 5.73. The minimum Gasteiger partial charge on any atom is -0.368 e. The highest BCUT2D eigenvalue weighted by Crippen LogP contribution is 2.35. The van der Waals surface area contributed by atoms with E-state index in [2.05, 4.69) is 6.92 Å². The van der Waals surface area contributed by atoms with Gasteiger partial charge in [0.05, 0.1) is 5.60 Å². The van der Waals surface area contributed by atoms with Crippen LogP contribution in [0.3, 0.4) is 0 Å². The fourth-order valence-corrected chi connectivity index (χ4v) is 2.12. The SMILES string of the molecule is CCC(O)OC1(CC)CCCCC1. The Balaban J connectivity index is 2.47. The zero-order valence-electron chi connectivity index (χ0n) is 8.88. The van der Waals surface area contributed by atoms with Crippen LogP contribution in [0, 0.1) is 0 Å². The first-order valence-electron chi connectivity index (χ1n) is 5.58. The molecule has 0 bridgehead atoms. The van der Waals surface area contributed by atoms with Gasteiger partial charge in [-0.2, -0.15) is 0 Å². The van der Waals surface area contributed by atoms with Gasteiger partial charge in [-0.25, -0.2) is 0 Å². The van der Waals surface area contributed by atoms with Crippen molar-refractivity contribution in [3.63, 3.8) is 0 Å². The molecule has 1 fully saturated rings. The predicted molar refractivity (Wildman–Crippen MR) is 53.5 cm³/mol. The van der Waals surface area contributed by atoms with E-state index in [1.54, 1.807) is 0 Å². The molecule has 0 aromatic carbocycles. The Bertz CT molecular complexity index is 139. The summed E-state index contributed by atoms with van der Waals surface area (Å²) in [5.74, 6) is 0. The smallest absolute Gasteiger partial charge is 0.155 e. The lowest BCUT2D eigenvalue weighted by molar-refractivity contribution is -0.198. The van der Waals surface area contributed by atoms with E-state index < -0.39 is 6.29 Å². The first-order valence-corrected chi connectivity index (χ1v) is 5.58. The summed E-state index contributed by atoms with van der Waals surface area (Å²) in [4.78, 5) is 0. The molecule has 0 aromatic heterocycles. The third-order valence-electron chi connectivity index (χ3n) is 3.14. The van der Waals surface area contributed by atoms with E-state index in [0.717, 1.165) is 19.3 Å². The molecule has 78 valence electrons. The van der Waals surface area contributed by atoms with Gasteiger partial charge in [0, 0.05) is 0 Å². The summed E-state index contributed by atoms with van der Waals surface area (Å²) in [5.41, 5.74) is -0.00627. The lowest BCUT2D eigenvalue weighted by Gasteiger charge is -2.38. The molecular formula is C11H22O2. The van der Waals surface area contributed by atoms with Crippen LogP contribution in [0.5, 0.6) is 0 Å². The van der Waals surface area contributed by atoms with Crippen LogP contribution in [-0.2, 0) is 4.74 Å². The number of hydrogen-bond acceptors (Lipinski definition) is 2. The van der Waals surface area contributed by atoms with Gasteiger partial charge in [0.2, 0.25) is 0 Å². The Morgan fingerprint density at radius 2 is 1.85 bits per heavy atom. The van der Waals surface area contributed by atoms with Gasteiger partial charge in [0.25, 0.3) is 0 Å². The van der Waals surface area contributed by atoms with Crippen molar-refractivity contribution in [2.24, 2.45) is 0 Å². The maximum atomic E-state index is 9.48. The number of aliphatic hydroxyl groups excluding tert-OH is 1. The molecule has 0 spiro atoms. The van der Waals surface area contributed by atoms with Crippen LogP contribution >= 0.6 is 0 Å². The lowest BCUT2D eigenvalue weighted by Crippen LogP contribution is -2.38. The molecule has 1 unspecified atom stereocenters. The normalized spacial score (nSPS) is 24.2. The second kappa shape index (κ2) is 4.97. The molecule has 1 rings (SSSR count). The lowest BCUT2D eigenvalue weighted by atomic mass is 9.82. The van der Waals surface area contributed by atoms with E-state index in [-0.39, 0.29) is 5.60 Å². The van der Waals surface area contributed by atoms with Gasteiger partial charge in [0.15, 0.2) is 6.29 Å². The molecule has 2 heteroatoms. The zero-order valence-corrected chi connectivity index (χ0v) is 8.88. The van der Waals surface area contributed by atoms with Crippen molar-refractivity contribution in [3.05, 3.63) is 0 Å². The summed E-state index contributed by atoms with van der Waals surface area (Å²) in [5, 5.41) is 9.48. The molecule has 1 aliphatic rings. The van der Waals surface area contributed by atoms with Crippen molar-refractivity contribution in [3.8, 4) is 0 Å². The molecule has 0 amide bonds. The Morgan fingerprint density at radius 1 is 1.23 bits per heavy atom. The van der Waals surface area contributed by atoms with Crippen LogP contribution < -0.4 is 0 Å². The monoisotopic (exact) mass is 186 g/mol. The second-order valence-electron chi connectivity index (χ2n) is 4.08. The Kier molecular flexibility index (Phi) is 4.20. The van der Waals surface area contributed by atoms with Gasteiger partial charge in [-0.05, 0) is 25.7 Å². The van der Waals surface area contributed by atoms with Crippen LogP contribution in [0.2, 0.25) is 0 Å². The molecule has 0 heterocycles. The van der Waals surface area contributed by atoms with Crippen LogP contribution in [-0.4, -0.2) is 17.0 Å². The molecule has 2 nitrogen and oxygen atoms in total. The summed E-state index contributed by atoms with van der Waals surface area (Å²) in [7, 11) is 0. The Labute approximate surface area is 81.3 Å². The van der Waals surface area contributed by atoms with Gasteiger partial charge < -0.3 is 9.84 Å². The molecule has 0 radical (unpaired) electrons. The van der Waals surface area contributed by atoms with E-state index >= 15 is 0 Å². The van der Waals surface area contributed by atoms with Crippen molar-refractivity contribution in [1.29, 1.82) is 0 Å². The third kappa shape index (κ3) is 2.96. The topological polar surface area (TPSA) is 29.5 Å². The van der Waals surface area contributed by atoms with Crippen LogP contribution in [0.15, 0.2) is 0 Å². The van der Waals surface area contributed by atoms with Crippen molar-refractivity contribution in [1.82, 2.24) is 0 Å². The Morgan fingerprint density at radius 3 is 2.31 bits per heavy atom. The van der Waals surface area contributed by atoms with Crippen molar-refractivity contribution >= 4 is 0 Å². The maximum absolute atomic E-state index is 9.48. The van der Waals surface area contributed by atoms with E-state index in [0.29, 0.717) is 6.42 Å². The van der Waals surface area contributed by atoms with Crippen molar-refractivity contribution in [2.75, 3.05) is 0 Å². The quantitative estimate of drug-likeness (QED) is 0.684. The average Bonchev–Trinajstić information content (AvgIpc) is 2.19. The van der Waals surface area contributed by atoms with Gasteiger partial charge >= 0.3 is 0 Å². The van der Waals surface area contributed by atoms with E-state index in [1.165, 1.54) is 19.3 Å². The average molecular weight is 186 g/mol. The highest BCUT2D eigenvalue weighted by molar-refractivity contribution is 4.83. The van der Waals surface area contributed by atoms with Crippen LogP contribution in [0.25, 0.3) is 0 Å². The van der Waals surface area contributed by atoms with Crippen LogP contribution in [0.4, 0.5) is 0 Å². The first-order chi connectivity index (χ1) is 6.22. The maximum Gasteiger partial charge on any atom is 0.155 e. The number of hydrogen-bond donors (Lipinski definition) is 1. The summed E-state index contributed by atoms with van der Waals surface area (Å²) in [6, 6.07) is 0. The van der Waals surface area contributed by atoms with Gasteiger partial charge in [-0.3, -0.25) is 0 Å².